The minimum atomic E-state index is -0.118. The fourth-order valence-corrected chi connectivity index (χ4v) is 6.34. The smallest absolute Gasteiger partial charge is 0.228 e. The van der Waals surface area contributed by atoms with Crippen LogP contribution >= 0.6 is 0 Å². The average Bonchev–Trinajstić information content (AvgIpc) is 2.23. The Morgan fingerprint density at radius 1 is 1.16 bits per heavy atom. The van der Waals surface area contributed by atoms with E-state index >= 15 is 0 Å². The van der Waals surface area contributed by atoms with Gasteiger partial charge < -0.3 is 10.0 Å². The van der Waals surface area contributed by atoms with E-state index in [2.05, 4.69) is 13.8 Å². The molecule has 0 spiro atoms. The SMILES string of the molecule is CN(CCO)C(=O)C12CC3C[C@@](C)(C1)C[C@@](C)(C3)C2. The Hall–Kier alpha value is -0.570. The van der Waals surface area contributed by atoms with Crippen molar-refractivity contribution >= 4 is 5.91 Å². The summed E-state index contributed by atoms with van der Waals surface area (Å²) in [5.74, 6) is 1.04. The normalized spacial score (nSPS) is 47.5. The summed E-state index contributed by atoms with van der Waals surface area (Å²) in [6.07, 6.45) is 7.17. The van der Waals surface area contributed by atoms with Gasteiger partial charge in [-0.1, -0.05) is 13.8 Å². The maximum atomic E-state index is 12.9. The lowest BCUT2D eigenvalue weighted by molar-refractivity contribution is -0.178. The molecule has 0 heterocycles. The van der Waals surface area contributed by atoms with E-state index in [0.717, 1.165) is 25.2 Å². The minimum Gasteiger partial charge on any atom is -0.395 e. The van der Waals surface area contributed by atoms with E-state index in [-0.39, 0.29) is 12.0 Å². The molecule has 4 aliphatic rings. The lowest BCUT2D eigenvalue weighted by Crippen LogP contribution is -2.60. The summed E-state index contributed by atoms with van der Waals surface area (Å²) in [5.41, 5.74) is 0.639. The van der Waals surface area contributed by atoms with Crippen molar-refractivity contribution in [2.75, 3.05) is 20.2 Å². The summed E-state index contributed by atoms with van der Waals surface area (Å²) in [5, 5.41) is 9.07. The molecule has 1 N–H and O–H groups in total. The molecule has 19 heavy (non-hydrogen) atoms. The lowest BCUT2D eigenvalue weighted by atomic mass is 9.40. The minimum absolute atomic E-state index is 0.0658. The molecule has 1 amide bonds. The molecule has 4 fully saturated rings. The van der Waals surface area contributed by atoms with Crippen molar-refractivity contribution < 1.29 is 9.90 Å². The third-order valence-corrected chi connectivity index (χ3v) is 5.86. The Morgan fingerprint density at radius 2 is 1.74 bits per heavy atom. The zero-order chi connectivity index (χ0) is 13.9. The van der Waals surface area contributed by atoms with Crippen molar-refractivity contribution in [1.29, 1.82) is 0 Å². The van der Waals surface area contributed by atoms with Gasteiger partial charge in [0, 0.05) is 13.6 Å². The highest BCUT2D eigenvalue weighted by Crippen LogP contribution is 2.69. The van der Waals surface area contributed by atoms with Crippen LogP contribution in [0.25, 0.3) is 0 Å². The molecule has 4 aliphatic carbocycles. The van der Waals surface area contributed by atoms with E-state index < -0.39 is 0 Å². The lowest BCUT2D eigenvalue weighted by Gasteiger charge is -2.65. The number of hydrogen-bond donors (Lipinski definition) is 1. The first-order valence-electron chi connectivity index (χ1n) is 7.66. The molecule has 0 aromatic rings. The average molecular weight is 265 g/mol. The van der Waals surface area contributed by atoms with E-state index in [1.165, 1.54) is 19.3 Å². The van der Waals surface area contributed by atoms with Gasteiger partial charge in [0.15, 0.2) is 0 Å². The number of amides is 1. The number of aliphatic hydroxyl groups is 1. The van der Waals surface area contributed by atoms with Crippen molar-refractivity contribution in [2.24, 2.45) is 22.2 Å². The number of nitrogens with zero attached hydrogens (tertiary/aromatic N) is 1. The highest BCUT2D eigenvalue weighted by Gasteiger charge is 2.63. The molecule has 4 bridgehead atoms. The quantitative estimate of drug-likeness (QED) is 0.851. The first-order valence-corrected chi connectivity index (χ1v) is 7.66. The monoisotopic (exact) mass is 265 g/mol. The van der Waals surface area contributed by atoms with Crippen LogP contribution in [-0.2, 0) is 4.79 Å². The molecule has 108 valence electrons. The molecule has 0 aromatic heterocycles. The van der Waals surface area contributed by atoms with Crippen molar-refractivity contribution in [3.05, 3.63) is 0 Å². The summed E-state index contributed by atoms with van der Waals surface area (Å²) in [7, 11) is 1.85. The van der Waals surface area contributed by atoms with Crippen LogP contribution in [0.2, 0.25) is 0 Å². The number of likely N-dealkylation sites (N-methyl/N-ethyl adjacent to an activating group) is 1. The first kappa shape index (κ1) is 13.4. The number of carbonyl (C=O) groups excluding carboxylic acids is 1. The van der Waals surface area contributed by atoms with Gasteiger partial charge in [-0.2, -0.15) is 0 Å². The van der Waals surface area contributed by atoms with Gasteiger partial charge in [-0.3, -0.25) is 4.79 Å². The van der Waals surface area contributed by atoms with E-state index in [1.54, 1.807) is 4.90 Å². The summed E-state index contributed by atoms with van der Waals surface area (Å²) < 4.78 is 0. The van der Waals surface area contributed by atoms with E-state index in [1.807, 2.05) is 7.05 Å². The van der Waals surface area contributed by atoms with Crippen LogP contribution in [-0.4, -0.2) is 36.1 Å². The van der Waals surface area contributed by atoms with Crippen molar-refractivity contribution in [1.82, 2.24) is 4.90 Å². The van der Waals surface area contributed by atoms with Gasteiger partial charge in [-0.25, -0.2) is 0 Å². The van der Waals surface area contributed by atoms with E-state index in [4.69, 9.17) is 5.11 Å². The molecule has 2 atom stereocenters. The molecule has 0 aliphatic heterocycles. The fourth-order valence-electron chi connectivity index (χ4n) is 6.34. The Labute approximate surface area is 116 Å². The van der Waals surface area contributed by atoms with Crippen LogP contribution in [0.3, 0.4) is 0 Å². The Morgan fingerprint density at radius 3 is 2.21 bits per heavy atom. The molecule has 0 saturated heterocycles. The van der Waals surface area contributed by atoms with Crippen molar-refractivity contribution in [3.63, 3.8) is 0 Å². The zero-order valence-corrected chi connectivity index (χ0v) is 12.5. The van der Waals surface area contributed by atoms with Gasteiger partial charge in [-0.15, -0.1) is 0 Å². The van der Waals surface area contributed by atoms with Crippen LogP contribution in [0.1, 0.15) is 52.4 Å². The molecule has 0 radical (unpaired) electrons. The highest BCUT2D eigenvalue weighted by molar-refractivity contribution is 5.83. The largest absolute Gasteiger partial charge is 0.395 e. The van der Waals surface area contributed by atoms with Gasteiger partial charge >= 0.3 is 0 Å². The van der Waals surface area contributed by atoms with Gasteiger partial charge in [0.25, 0.3) is 0 Å². The Kier molecular flexibility index (Phi) is 2.80. The Bertz CT molecular complexity index is 388. The second kappa shape index (κ2) is 3.97. The second-order valence-corrected chi connectivity index (χ2v) is 8.36. The van der Waals surface area contributed by atoms with Gasteiger partial charge in [-0.05, 0) is 55.3 Å². The van der Waals surface area contributed by atoms with Crippen LogP contribution in [0.4, 0.5) is 0 Å². The fraction of sp³-hybridized carbons (Fsp3) is 0.938. The standard InChI is InChI=1S/C16H27NO2/c1-14-6-12-7-15(2,9-14)11-16(8-12,10-14)13(19)17(3)4-5-18/h12,18H,4-11H2,1-3H3/t12?,14-,15-,16?/m1/s1. The molecular weight excluding hydrogens is 238 g/mol. The Balaban J connectivity index is 1.90. The predicted molar refractivity (Wildman–Crippen MR) is 74.6 cm³/mol. The van der Waals surface area contributed by atoms with Gasteiger partial charge in [0.1, 0.15) is 0 Å². The predicted octanol–water partition coefficient (Wildman–Crippen LogP) is 2.43. The summed E-state index contributed by atoms with van der Waals surface area (Å²) in [4.78, 5) is 14.6. The zero-order valence-electron chi connectivity index (χ0n) is 12.5. The van der Waals surface area contributed by atoms with Gasteiger partial charge in [0.05, 0.1) is 12.0 Å². The van der Waals surface area contributed by atoms with Gasteiger partial charge in [0.2, 0.25) is 5.91 Å². The maximum Gasteiger partial charge on any atom is 0.228 e. The second-order valence-electron chi connectivity index (χ2n) is 8.36. The molecule has 0 aromatic carbocycles. The van der Waals surface area contributed by atoms with E-state index in [9.17, 15) is 4.79 Å². The molecule has 3 nitrogen and oxygen atoms in total. The molecule has 3 heteroatoms. The van der Waals surface area contributed by atoms with Crippen LogP contribution in [0, 0.1) is 22.2 Å². The number of carbonyl (C=O) groups is 1. The number of rotatable bonds is 3. The maximum absolute atomic E-state index is 12.9. The summed E-state index contributed by atoms with van der Waals surface area (Å²) >= 11 is 0. The number of hydrogen-bond acceptors (Lipinski definition) is 2. The third-order valence-electron chi connectivity index (χ3n) is 5.86. The van der Waals surface area contributed by atoms with Crippen LogP contribution < -0.4 is 0 Å². The van der Waals surface area contributed by atoms with Crippen LogP contribution in [0.15, 0.2) is 0 Å². The van der Waals surface area contributed by atoms with Crippen molar-refractivity contribution in [3.8, 4) is 0 Å². The number of aliphatic hydroxyl groups excluding tert-OH is 1. The topological polar surface area (TPSA) is 40.5 Å². The molecule has 4 saturated carbocycles. The first-order chi connectivity index (χ1) is 8.80. The van der Waals surface area contributed by atoms with E-state index in [0.29, 0.717) is 23.3 Å². The highest BCUT2D eigenvalue weighted by atomic mass is 16.3. The summed E-state index contributed by atoms with van der Waals surface area (Å²) in [6, 6.07) is 0. The molecule has 0 unspecified atom stereocenters. The summed E-state index contributed by atoms with van der Waals surface area (Å²) in [6.45, 7) is 5.32. The molecular formula is C16H27NO2. The third kappa shape index (κ3) is 2.01. The molecule has 4 rings (SSSR count). The van der Waals surface area contributed by atoms with Crippen LogP contribution in [0.5, 0.6) is 0 Å². The van der Waals surface area contributed by atoms with Crippen molar-refractivity contribution in [2.45, 2.75) is 52.4 Å².